The molecule has 0 atom stereocenters. The molecule has 2 rings (SSSR count). The molecule has 0 radical (unpaired) electrons. The normalized spacial score (nSPS) is 11.2. The third-order valence-corrected chi connectivity index (χ3v) is 2.90. The van der Waals surface area contributed by atoms with Crippen molar-refractivity contribution in [2.45, 2.75) is 0 Å². The summed E-state index contributed by atoms with van der Waals surface area (Å²) in [7, 11) is 0. The number of aromatic nitrogens is 4. The van der Waals surface area contributed by atoms with E-state index in [0.717, 1.165) is 9.26 Å². The number of tetrazole rings is 1. The zero-order valence-electron chi connectivity index (χ0n) is 8.25. The average molecular weight is 362 g/mol. The highest BCUT2D eigenvalue weighted by molar-refractivity contribution is 9.11. The van der Waals surface area contributed by atoms with E-state index in [0.29, 0.717) is 10.0 Å². The molecule has 0 bridgehead atoms. The van der Waals surface area contributed by atoms with E-state index in [9.17, 15) is 5.11 Å². The molecule has 1 heterocycles. The lowest BCUT2D eigenvalue weighted by molar-refractivity contribution is 0.471. The molecule has 3 N–H and O–H groups in total. The van der Waals surface area contributed by atoms with Crippen LogP contribution in [0.5, 0.6) is 5.75 Å². The SMILES string of the molecule is Nc1nnnn1N=Cc1cc(Br)cc(Br)c1O. The van der Waals surface area contributed by atoms with Crippen molar-refractivity contribution < 1.29 is 5.11 Å². The summed E-state index contributed by atoms with van der Waals surface area (Å²) in [4.78, 5) is 1.05. The van der Waals surface area contributed by atoms with Crippen molar-refractivity contribution in [2.75, 3.05) is 5.73 Å². The van der Waals surface area contributed by atoms with Crippen molar-refractivity contribution in [2.24, 2.45) is 5.10 Å². The fourth-order valence-electron chi connectivity index (χ4n) is 1.07. The number of rotatable bonds is 2. The van der Waals surface area contributed by atoms with Gasteiger partial charge >= 0.3 is 0 Å². The Morgan fingerprint density at radius 3 is 2.82 bits per heavy atom. The molecule has 1 aromatic heterocycles. The molecule has 1 aromatic carbocycles. The summed E-state index contributed by atoms with van der Waals surface area (Å²) in [5.74, 6) is 0.137. The number of phenols is 1. The van der Waals surface area contributed by atoms with Crippen LogP contribution in [0.15, 0.2) is 26.2 Å². The lowest BCUT2D eigenvalue weighted by atomic mass is 10.2. The zero-order chi connectivity index (χ0) is 12.4. The highest BCUT2D eigenvalue weighted by atomic mass is 79.9. The van der Waals surface area contributed by atoms with E-state index in [2.05, 4.69) is 52.5 Å². The van der Waals surface area contributed by atoms with E-state index in [-0.39, 0.29) is 11.7 Å². The first-order valence-electron chi connectivity index (χ1n) is 4.34. The molecule has 0 aliphatic rings. The van der Waals surface area contributed by atoms with Gasteiger partial charge in [0, 0.05) is 10.0 Å². The van der Waals surface area contributed by atoms with Crippen molar-refractivity contribution in [3.8, 4) is 5.75 Å². The first-order valence-corrected chi connectivity index (χ1v) is 5.93. The van der Waals surface area contributed by atoms with Crippen molar-refractivity contribution in [1.29, 1.82) is 0 Å². The van der Waals surface area contributed by atoms with Gasteiger partial charge in [-0.2, -0.15) is 5.10 Å². The molecule has 0 fully saturated rings. The molecule has 0 aliphatic carbocycles. The van der Waals surface area contributed by atoms with Crippen LogP contribution in [-0.2, 0) is 0 Å². The Morgan fingerprint density at radius 1 is 1.41 bits per heavy atom. The minimum absolute atomic E-state index is 0.0646. The highest BCUT2D eigenvalue weighted by Crippen LogP contribution is 2.30. The molecule has 88 valence electrons. The maximum atomic E-state index is 9.77. The smallest absolute Gasteiger partial charge is 0.263 e. The maximum absolute atomic E-state index is 9.77. The molecule has 0 aliphatic heterocycles. The summed E-state index contributed by atoms with van der Waals surface area (Å²) >= 11 is 6.52. The molecular formula is C8H6Br2N6O. The standard InChI is InChI=1S/C8H6Br2N6O/c9-5-1-4(7(17)6(10)2-5)3-12-16-8(11)13-14-15-16/h1-3,17H,(H2,11,13,15). The highest BCUT2D eigenvalue weighted by Gasteiger charge is 2.06. The summed E-state index contributed by atoms with van der Waals surface area (Å²) in [6, 6.07) is 3.42. The first kappa shape index (κ1) is 12.0. The van der Waals surface area contributed by atoms with Gasteiger partial charge in [-0.1, -0.05) is 25.8 Å². The van der Waals surface area contributed by atoms with Crippen molar-refractivity contribution in [1.82, 2.24) is 20.3 Å². The topological polar surface area (TPSA) is 102 Å². The van der Waals surface area contributed by atoms with Gasteiger partial charge in [0.2, 0.25) is 0 Å². The van der Waals surface area contributed by atoms with Crippen LogP contribution >= 0.6 is 31.9 Å². The molecule has 0 amide bonds. The van der Waals surface area contributed by atoms with E-state index in [1.165, 1.54) is 6.21 Å². The number of halogens is 2. The van der Waals surface area contributed by atoms with Crippen LogP contribution in [0.4, 0.5) is 5.95 Å². The quantitative estimate of drug-likeness (QED) is 0.786. The molecule has 0 saturated carbocycles. The van der Waals surface area contributed by atoms with E-state index in [1.807, 2.05) is 0 Å². The van der Waals surface area contributed by atoms with Gasteiger partial charge in [0.05, 0.1) is 10.7 Å². The van der Waals surface area contributed by atoms with Crippen molar-refractivity contribution in [3.63, 3.8) is 0 Å². The predicted molar refractivity (Wildman–Crippen MR) is 68.7 cm³/mol. The maximum Gasteiger partial charge on any atom is 0.263 e. The molecule has 0 saturated heterocycles. The molecule has 0 spiro atoms. The fourth-order valence-corrected chi connectivity index (χ4v) is 2.33. The van der Waals surface area contributed by atoms with Gasteiger partial charge in [-0.25, -0.2) is 0 Å². The number of anilines is 1. The van der Waals surface area contributed by atoms with Crippen LogP contribution in [0.1, 0.15) is 5.56 Å². The Balaban J connectivity index is 2.37. The largest absolute Gasteiger partial charge is 0.506 e. The number of aromatic hydroxyl groups is 1. The minimum Gasteiger partial charge on any atom is -0.506 e. The van der Waals surface area contributed by atoms with Gasteiger partial charge in [-0.15, -0.1) is 0 Å². The van der Waals surface area contributed by atoms with Crippen LogP contribution in [0.2, 0.25) is 0 Å². The third kappa shape index (κ3) is 2.61. The summed E-state index contributed by atoms with van der Waals surface area (Å²) in [6.45, 7) is 0. The monoisotopic (exact) mass is 360 g/mol. The minimum atomic E-state index is 0.0646. The summed E-state index contributed by atoms with van der Waals surface area (Å²) in [6.07, 6.45) is 1.40. The van der Waals surface area contributed by atoms with Gasteiger partial charge < -0.3 is 10.8 Å². The van der Waals surface area contributed by atoms with Crippen LogP contribution in [0, 0.1) is 0 Å². The van der Waals surface area contributed by atoms with Gasteiger partial charge in [0.1, 0.15) is 5.75 Å². The van der Waals surface area contributed by atoms with E-state index >= 15 is 0 Å². The van der Waals surface area contributed by atoms with Crippen LogP contribution in [-0.4, -0.2) is 31.6 Å². The summed E-state index contributed by atoms with van der Waals surface area (Å²) in [5.41, 5.74) is 5.94. The van der Waals surface area contributed by atoms with Crippen LogP contribution < -0.4 is 5.73 Å². The Kier molecular flexibility index (Phi) is 3.38. The number of nitrogen functional groups attached to an aromatic ring is 1. The first-order chi connectivity index (χ1) is 8.08. The van der Waals surface area contributed by atoms with Gasteiger partial charge in [-0.05, 0) is 38.5 Å². The average Bonchev–Trinajstić information content (AvgIpc) is 2.67. The second-order valence-electron chi connectivity index (χ2n) is 3.00. The summed E-state index contributed by atoms with van der Waals surface area (Å²) < 4.78 is 1.35. The molecule has 2 aromatic rings. The Bertz CT molecular complexity index is 581. The lowest BCUT2D eigenvalue weighted by Gasteiger charge is -2.02. The Morgan fingerprint density at radius 2 is 2.18 bits per heavy atom. The zero-order valence-corrected chi connectivity index (χ0v) is 11.4. The fraction of sp³-hybridized carbons (Fsp3) is 0. The molecular weight excluding hydrogens is 356 g/mol. The third-order valence-electron chi connectivity index (χ3n) is 1.84. The van der Waals surface area contributed by atoms with Gasteiger partial charge in [0.25, 0.3) is 5.95 Å². The molecule has 0 unspecified atom stereocenters. The van der Waals surface area contributed by atoms with E-state index < -0.39 is 0 Å². The number of nitrogens with zero attached hydrogens (tertiary/aromatic N) is 5. The second-order valence-corrected chi connectivity index (χ2v) is 4.77. The van der Waals surface area contributed by atoms with Gasteiger partial charge in [0.15, 0.2) is 0 Å². The second kappa shape index (κ2) is 4.80. The predicted octanol–water partition coefficient (Wildman–Crippen LogP) is 1.37. The number of nitrogens with two attached hydrogens (primary N) is 1. The molecule has 9 heteroatoms. The van der Waals surface area contributed by atoms with E-state index in [4.69, 9.17) is 5.73 Å². The molecule has 17 heavy (non-hydrogen) atoms. The number of hydrogen-bond donors (Lipinski definition) is 2. The van der Waals surface area contributed by atoms with Gasteiger partial charge in [-0.3, -0.25) is 0 Å². The Labute approximate surface area is 113 Å². The van der Waals surface area contributed by atoms with Crippen LogP contribution in [0.25, 0.3) is 0 Å². The van der Waals surface area contributed by atoms with E-state index in [1.54, 1.807) is 12.1 Å². The number of benzene rings is 1. The van der Waals surface area contributed by atoms with Crippen LogP contribution in [0.3, 0.4) is 0 Å². The number of hydrogen-bond acceptors (Lipinski definition) is 6. The Hall–Kier alpha value is -1.48. The molecule has 7 nitrogen and oxygen atoms in total. The van der Waals surface area contributed by atoms with Crippen molar-refractivity contribution in [3.05, 3.63) is 26.6 Å². The van der Waals surface area contributed by atoms with Crippen molar-refractivity contribution >= 4 is 44.0 Å². The summed E-state index contributed by atoms with van der Waals surface area (Å²) in [5, 5.41) is 24.0. The lowest BCUT2D eigenvalue weighted by Crippen LogP contribution is -1.99. The number of phenolic OH excluding ortho intramolecular Hbond substituents is 1.